The largest absolute Gasteiger partial charge is 0.397 e. The van der Waals surface area contributed by atoms with Crippen molar-refractivity contribution in [2.45, 2.75) is 26.7 Å². The zero-order chi connectivity index (χ0) is 14.8. The summed E-state index contributed by atoms with van der Waals surface area (Å²) in [6.07, 6.45) is 2.28. The number of nitrogens with zero attached hydrogens (tertiary/aromatic N) is 1. The summed E-state index contributed by atoms with van der Waals surface area (Å²) in [7, 11) is 0. The Morgan fingerprint density at radius 1 is 1.19 bits per heavy atom. The molecule has 0 unspecified atom stereocenters. The van der Waals surface area contributed by atoms with Crippen LogP contribution >= 0.6 is 11.3 Å². The van der Waals surface area contributed by atoms with Gasteiger partial charge in [0.05, 0.1) is 26.6 Å². The predicted octanol–water partition coefficient (Wildman–Crippen LogP) is 4.88. The zero-order valence-corrected chi connectivity index (χ0v) is 13.1. The molecule has 108 valence electrons. The highest BCUT2D eigenvalue weighted by molar-refractivity contribution is 7.18. The smallest absolute Gasteiger partial charge is 0.0907 e. The average molecular weight is 297 g/mol. The molecule has 0 saturated carbocycles. The fraction of sp³-hybridized carbons (Fsp3) is 0.235. The van der Waals surface area contributed by atoms with Crippen molar-refractivity contribution in [2.24, 2.45) is 0 Å². The van der Waals surface area contributed by atoms with E-state index in [1.807, 2.05) is 19.1 Å². The van der Waals surface area contributed by atoms with Gasteiger partial charge in [-0.2, -0.15) is 0 Å². The van der Waals surface area contributed by atoms with Gasteiger partial charge in [0, 0.05) is 5.69 Å². The third kappa shape index (κ3) is 3.00. The maximum Gasteiger partial charge on any atom is 0.0907 e. The summed E-state index contributed by atoms with van der Waals surface area (Å²) in [5.74, 6) is 0. The lowest BCUT2D eigenvalue weighted by Gasteiger charge is -2.10. The van der Waals surface area contributed by atoms with Crippen LogP contribution in [0.1, 0.15) is 23.9 Å². The number of aryl methyl sites for hydroxylation is 2. The van der Waals surface area contributed by atoms with Gasteiger partial charge in [-0.1, -0.05) is 25.5 Å². The molecule has 21 heavy (non-hydrogen) atoms. The highest BCUT2D eigenvalue weighted by atomic mass is 32.1. The monoisotopic (exact) mass is 297 g/mol. The standard InChI is InChI=1S/C17H19N3S/c1-3-4-12-5-7-13(8-6-12)20-15-10-16-17(9-14(15)18)21-11(2)19-16/h5-10,20H,3-4,18H2,1-2H3. The first kappa shape index (κ1) is 13.9. The maximum absolute atomic E-state index is 6.14. The topological polar surface area (TPSA) is 50.9 Å². The molecule has 0 aliphatic carbocycles. The first-order chi connectivity index (χ1) is 10.2. The molecule has 4 heteroatoms. The van der Waals surface area contributed by atoms with Crippen molar-refractivity contribution in [2.75, 3.05) is 11.1 Å². The van der Waals surface area contributed by atoms with E-state index < -0.39 is 0 Å². The number of aromatic nitrogens is 1. The first-order valence-electron chi connectivity index (χ1n) is 7.18. The molecule has 0 atom stereocenters. The van der Waals surface area contributed by atoms with E-state index >= 15 is 0 Å². The minimum atomic E-state index is 0.754. The van der Waals surface area contributed by atoms with Crippen LogP contribution in [0.25, 0.3) is 10.2 Å². The number of benzene rings is 2. The van der Waals surface area contributed by atoms with E-state index in [2.05, 4.69) is 41.5 Å². The Balaban J connectivity index is 1.88. The second-order valence-corrected chi connectivity index (χ2v) is 6.45. The summed E-state index contributed by atoms with van der Waals surface area (Å²) < 4.78 is 1.13. The van der Waals surface area contributed by atoms with Crippen LogP contribution in [0.2, 0.25) is 0 Å². The SMILES string of the molecule is CCCc1ccc(Nc2cc3nc(C)sc3cc2N)cc1. The van der Waals surface area contributed by atoms with Crippen LogP contribution in [-0.4, -0.2) is 4.98 Å². The summed E-state index contributed by atoms with van der Waals surface area (Å²) in [6.45, 7) is 4.21. The third-order valence-electron chi connectivity index (χ3n) is 3.44. The number of nitrogens with two attached hydrogens (primary N) is 1. The molecule has 3 aromatic rings. The maximum atomic E-state index is 6.14. The molecule has 0 aliphatic heterocycles. The Labute approximate surface area is 128 Å². The van der Waals surface area contributed by atoms with E-state index in [1.165, 1.54) is 12.0 Å². The second-order valence-electron chi connectivity index (χ2n) is 5.21. The predicted molar refractivity (Wildman–Crippen MR) is 92.5 cm³/mol. The molecule has 3 rings (SSSR count). The van der Waals surface area contributed by atoms with Crippen LogP contribution in [-0.2, 0) is 6.42 Å². The molecular formula is C17H19N3S. The van der Waals surface area contributed by atoms with Gasteiger partial charge in [0.15, 0.2) is 0 Å². The van der Waals surface area contributed by atoms with Crippen molar-refractivity contribution >= 4 is 38.6 Å². The molecule has 0 bridgehead atoms. The summed E-state index contributed by atoms with van der Waals surface area (Å²) in [4.78, 5) is 4.52. The lowest BCUT2D eigenvalue weighted by Crippen LogP contribution is -1.96. The molecule has 0 amide bonds. The normalized spacial score (nSPS) is 11.0. The number of nitrogens with one attached hydrogen (secondary N) is 1. The Morgan fingerprint density at radius 3 is 2.67 bits per heavy atom. The molecule has 1 heterocycles. The number of hydrogen-bond acceptors (Lipinski definition) is 4. The Kier molecular flexibility index (Phi) is 3.80. The van der Waals surface area contributed by atoms with Gasteiger partial charge in [0.25, 0.3) is 0 Å². The van der Waals surface area contributed by atoms with E-state index in [4.69, 9.17) is 5.73 Å². The minimum absolute atomic E-state index is 0.754. The number of hydrogen-bond donors (Lipinski definition) is 2. The molecule has 1 aromatic heterocycles. The highest BCUT2D eigenvalue weighted by Gasteiger charge is 2.06. The lowest BCUT2D eigenvalue weighted by molar-refractivity contribution is 0.922. The quantitative estimate of drug-likeness (QED) is 0.675. The van der Waals surface area contributed by atoms with Crippen molar-refractivity contribution in [3.63, 3.8) is 0 Å². The van der Waals surface area contributed by atoms with Crippen LogP contribution in [0, 0.1) is 6.92 Å². The van der Waals surface area contributed by atoms with Crippen LogP contribution in [0.3, 0.4) is 0 Å². The van der Waals surface area contributed by atoms with E-state index in [9.17, 15) is 0 Å². The fourth-order valence-corrected chi connectivity index (χ4v) is 3.27. The average Bonchev–Trinajstić information content (AvgIpc) is 2.81. The molecule has 2 aromatic carbocycles. The number of fused-ring (bicyclic) bond motifs is 1. The van der Waals surface area contributed by atoms with Gasteiger partial charge < -0.3 is 11.1 Å². The van der Waals surface area contributed by atoms with Crippen molar-refractivity contribution in [3.8, 4) is 0 Å². The second kappa shape index (κ2) is 5.74. The summed E-state index contributed by atoms with van der Waals surface area (Å²) in [5.41, 5.74) is 11.2. The fourth-order valence-electron chi connectivity index (χ4n) is 2.41. The van der Waals surface area contributed by atoms with Gasteiger partial charge in [0.2, 0.25) is 0 Å². The first-order valence-corrected chi connectivity index (χ1v) is 8.00. The van der Waals surface area contributed by atoms with Gasteiger partial charge in [-0.15, -0.1) is 11.3 Å². The Hall–Kier alpha value is -2.07. The summed E-state index contributed by atoms with van der Waals surface area (Å²) >= 11 is 1.67. The molecule has 0 aliphatic rings. The summed E-state index contributed by atoms with van der Waals surface area (Å²) in [5, 5.41) is 4.44. The van der Waals surface area contributed by atoms with E-state index in [0.717, 1.165) is 38.7 Å². The third-order valence-corrected chi connectivity index (χ3v) is 4.37. The number of rotatable bonds is 4. The van der Waals surface area contributed by atoms with Gasteiger partial charge in [0.1, 0.15) is 0 Å². The molecule has 0 saturated heterocycles. The van der Waals surface area contributed by atoms with Crippen LogP contribution in [0.5, 0.6) is 0 Å². The summed E-state index contributed by atoms with van der Waals surface area (Å²) in [6, 6.07) is 12.5. The number of nitrogen functional groups attached to an aromatic ring is 1. The van der Waals surface area contributed by atoms with Crippen molar-refractivity contribution in [3.05, 3.63) is 47.0 Å². The highest BCUT2D eigenvalue weighted by Crippen LogP contribution is 2.31. The molecule has 3 nitrogen and oxygen atoms in total. The molecule has 0 radical (unpaired) electrons. The van der Waals surface area contributed by atoms with Gasteiger partial charge in [-0.3, -0.25) is 0 Å². The number of anilines is 3. The van der Waals surface area contributed by atoms with E-state index in [0.29, 0.717) is 0 Å². The van der Waals surface area contributed by atoms with Crippen LogP contribution in [0.4, 0.5) is 17.1 Å². The van der Waals surface area contributed by atoms with E-state index in [1.54, 1.807) is 11.3 Å². The van der Waals surface area contributed by atoms with Crippen LogP contribution in [0.15, 0.2) is 36.4 Å². The van der Waals surface area contributed by atoms with Crippen molar-refractivity contribution in [1.82, 2.24) is 4.98 Å². The molecule has 0 spiro atoms. The zero-order valence-electron chi connectivity index (χ0n) is 12.3. The van der Waals surface area contributed by atoms with Crippen molar-refractivity contribution < 1.29 is 0 Å². The van der Waals surface area contributed by atoms with Gasteiger partial charge in [-0.05, 0) is 43.2 Å². The minimum Gasteiger partial charge on any atom is -0.397 e. The van der Waals surface area contributed by atoms with Gasteiger partial charge in [-0.25, -0.2) is 4.98 Å². The van der Waals surface area contributed by atoms with Crippen molar-refractivity contribution in [1.29, 1.82) is 0 Å². The molecule has 3 N–H and O–H groups in total. The Bertz CT molecular complexity index is 760. The van der Waals surface area contributed by atoms with E-state index in [-0.39, 0.29) is 0 Å². The van der Waals surface area contributed by atoms with Gasteiger partial charge >= 0.3 is 0 Å². The van der Waals surface area contributed by atoms with Crippen LogP contribution < -0.4 is 11.1 Å². The molecule has 0 fully saturated rings. The lowest BCUT2D eigenvalue weighted by atomic mass is 10.1. The number of thiazole rings is 1. The Morgan fingerprint density at radius 2 is 1.95 bits per heavy atom. The molecular weight excluding hydrogens is 278 g/mol.